The summed E-state index contributed by atoms with van der Waals surface area (Å²) >= 11 is 0. The second kappa shape index (κ2) is 5.66. The highest BCUT2D eigenvalue weighted by Gasteiger charge is 2.24. The maximum Gasteiger partial charge on any atom is 0.179 e. The Morgan fingerprint density at radius 2 is 1.83 bits per heavy atom. The first-order chi connectivity index (χ1) is 8.59. The molecule has 1 heterocycles. The topological polar surface area (TPSA) is 20.3 Å². The van der Waals surface area contributed by atoms with E-state index in [0.717, 1.165) is 24.2 Å². The summed E-state index contributed by atoms with van der Waals surface area (Å²) in [6.45, 7) is 8.28. The second-order valence-electron chi connectivity index (χ2n) is 5.46. The minimum atomic E-state index is 0.0201. The molecule has 0 aliphatic carbocycles. The van der Waals surface area contributed by atoms with Crippen LogP contribution in [0.25, 0.3) is 0 Å². The van der Waals surface area contributed by atoms with E-state index in [1.165, 1.54) is 24.8 Å². The predicted octanol–water partition coefficient (Wildman–Crippen LogP) is 3.36. The number of nitrogens with zero attached hydrogens (tertiary/aromatic N) is 1. The lowest BCUT2D eigenvalue weighted by atomic mass is 9.97. The summed E-state index contributed by atoms with van der Waals surface area (Å²) < 4.78 is 0. The predicted molar refractivity (Wildman–Crippen MR) is 75.1 cm³/mol. The number of Topliss-reactive ketones (excluding diaryl/α,β-unsaturated/α-hetero) is 1. The van der Waals surface area contributed by atoms with Crippen LogP contribution in [0.15, 0.2) is 18.2 Å². The molecule has 1 aliphatic heterocycles. The van der Waals surface area contributed by atoms with Gasteiger partial charge in [-0.3, -0.25) is 9.69 Å². The van der Waals surface area contributed by atoms with Crippen molar-refractivity contribution in [1.82, 2.24) is 4.90 Å². The highest BCUT2D eigenvalue weighted by molar-refractivity contribution is 6.01. The van der Waals surface area contributed by atoms with E-state index in [2.05, 4.69) is 17.9 Å². The third kappa shape index (κ3) is 2.81. The summed E-state index contributed by atoms with van der Waals surface area (Å²) in [5.74, 6) is 0.273. The molecule has 1 aliphatic rings. The summed E-state index contributed by atoms with van der Waals surface area (Å²) in [5.41, 5.74) is 3.21. The van der Waals surface area contributed by atoms with Gasteiger partial charge in [0.05, 0.1) is 6.04 Å². The average molecular weight is 245 g/mol. The maximum atomic E-state index is 12.5. The summed E-state index contributed by atoms with van der Waals surface area (Å²) in [6.07, 6.45) is 3.76. The van der Waals surface area contributed by atoms with Crippen LogP contribution in [0.2, 0.25) is 0 Å². The Morgan fingerprint density at radius 1 is 1.17 bits per heavy atom. The Bertz CT molecular complexity index is 433. The molecule has 1 fully saturated rings. The van der Waals surface area contributed by atoms with Gasteiger partial charge in [-0.25, -0.2) is 0 Å². The molecule has 0 aromatic heterocycles. The van der Waals surface area contributed by atoms with E-state index >= 15 is 0 Å². The molecule has 98 valence electrons. The number of carbonyl (C=O) groups is 1. The van der Waals surface area contributed by atoms with E-state index in [1.54, 1.807) is 0 Å². The van der Waals surface area contributed by atoms with E-state index in [-0.39, 0.29) is 11.8 Å². The second-order valence-corrected chi connectivity index (χ2v) is 5.46. The van der Waals surface area contributed by atoms with Crippen LogP contribution < -0.4 is 0 Å². The van der Waals surface area contributed by atoms with Crippen LogP contribution in [-0.2, 0) is 0 Å². The third-order valence-electron chi connectivity index (χ3n) is 3.97. The average Bonchev–Trinajstić information content (AvgIpc) is 2.38. The number of likely N-dealkylation sites (tertiary alicyclic amines) is 1. The van der Waals surface area contributed by atoms with Gasteiger partial charge in [-0.2, -0.15) is 0 Å². The van der Waals surface area contributed by atoms with Crippen LogP contribution in [-0.4, -0.2) is 29.8 Å². The number of hydrogen-bond donors (Lipinski definition) is 0. The van der Waals surface area contributed by atoms with Gasteiger partial charge in [0.25, 0.3) is 0 Å². The van der Waals surface area contributed by atoms with Crippen LogP contribution in [0.1, 0.15) is 47.7 Å². The van der Waals surface area contributed by atoms with Crippen LogP contribution >= 0.6 is 0 Å². The van der Waals surface area contributed by atoms with Gasteiger partial charge in [0.15, 0.2) is 5.78 Å². The molecule has 2 nitrogen and oxygen atoms in total. The Balaban J connectivity index is 2.14. The highest BCUT2D eigenvalue weighted by atomic mass is 16.1. The fourth-order valence-electron chi connectivity index (χ4n) is 2.79. The molecule has 0 saturated carbocycles. The minimum Gasteiger partial charge on any atom is -0.294 e. The van der Waals surface area contributed by atoms with Gasteiger partial charge in [0.1, 0.15) is 0 Å². The van der Waals surface area contributed by atoms with E-state index < -0.39 is 0 Å². The zero-order chi connectivity index (χ0) is 13.1. The van der Waals surface area contributed by atoms with Crippen molar-refractivity contribution in [2.75, 3.05) is 13.1 Å². The SMILES string of the molecule is Cc1ccc(C(=O)C(C)N2CCCCC2)c(C)c1. The van der Waals surface area contributed by atoms with Crippen molar-refractivity contribution < 1.29 is 4.79 Å². The normalized spacial score (nSPS) is 18.6. The Hall–Kier alpha value is -1.15. The van der Waals surface area contributed by atoms with Crippen molar-refractivity contribution in [3.8, 4) is 0 Å². The van der Waals surface area contributed by atoms with E-state index in [1.807, 2.05) is 26.0 Å². The quantitative estimate of drug-likeness (QED) is 0.761. The molecule has 0 spiro atoms. The summed E-state index contributed by atoms with van der Waals surface area (Å²) in [4.78, 5) is 14.9. The molecule has 0 N–H and O–H groups in total. The molecule has 2 rings (SSSR count). The molecule has 18 heavy (non-hydrogen) atoms. The highest BCUT2D eigenvalue weighted by Crippen LogP contribution is 2.18. The molecular formula is C16H23NO. The molecule has 2 heteroatoms. The fourth-order valence-corrected chi connectivity index (χ4v) is 2.79. The van der Waals surface area contributed by atoms with Crippen LogP contribution in [0.3, 0.4) is 0 Å². The van der Waals surface area contributed by atoms with Gasteiger partial charge < -0.3 is 0 Å². The number of rotatable bonds is 3. The lowest BCUT2D eigenvalue weighted by Gasteiger charge is -2.31. The van der Waals surface area contributed by atoms with Gasteiger partial charge in [0.2, 0.25) is 0 Å². The number of ketones is 1. The van der Waals surface area contributed by atoms with Crippen molar-refractivity contribution in [2.24, 2.45) is 0 Å². The molecule has 0 bridgehead atoms. The van der Waals surface area contributed by atoms with Gasteiger partial charge in [-0.05, 0) is 52.3 Å². The largest absolute Gasteiger partial charge is 0.294 e. The van der Waals surface area contributed by atoms with E-state index in [9.17, 15) is 4.79 Å². The Kier molecular flexibility index (Phi) is 4.18. The fraction of sp³-hybridized carbons (Fsp3) is 0.562. The van der Waals surface area contributed by atoms with Crippen LogP contribution in [0.5, 0.6) is 0 Å². The van der Waals surface area contributed by atoms with Crippen LogP contribution in [0, 0.1) is 13.8 Å². The standard InChI is InChI=1S/C16H23NO/c1-12-7-8-15(13(2)11-12)16(18)14(3)17-9-5-4-6-10-17/h7-8,11,14H,4-6,9-10H2,1-3H3. The van der Waals surface area contributed by atoms with Gasteiger partial charge in [-0.15, -0.1) is 0 Å². The first-order valence-electron chi connectivity index (χ1n) is 6.95. The van der Waals surface area contributed by atoms with Crippen molar-refractivity contribution >= 4 is 5.78 Å². The van der Waals surface area contributed by atoms with Gasteiger partial charge >= 0.3 is 0 Å². The first-order valence-corrected chi connectivity index (χ1v) is 6.95. The number of benzene rings is 1. The van der Waals surface area contributed by atoms with E-state index in [0.29, 0.717) is 0 Å². The molecule has 0 radical (unpaired) electrons. The number of carbonyl (C=O) groups excluding carboxylic acids is 1. The van der Waals surface area contributed by atoms with E-state index in [4.69, 9.17) is 0 Å². The summed E-state index contributed by atoms with van der Waals surface area (Å²) in [6, 6.07) is 6.12. The summed E-state index contributed by atoms with van der Waals surface area (Å²) in [7, 11) is 0. The minimum absolute atomic E-state index is 0.0201. The molecular weight excluding hydrogens is 222 g/mol. The lowest BCUT2D eigenvalue weighted by molar-refractivity contribution is 0.0808. The smallest absolute Gasteiger partial charge is 0.179 e. The Morgan fingerprint density at radius 3 is 2.44 bits per heavy atom. The molecule has 1 saturated heterocycles. The van der Waals surface area contributed by atoms with Crippen molar-refractivity contribution in [3.63, 3.8) is 0 Å². The molecule has 1 aromatic rings. The zero-order valence-corrected chi connectivity index (χ0v) is 11.7. The molecule has 1 atom stereocenters. The Labute approximate surface area is 110 Å². The lowest BCUT2D eigenvalue weighted by Crippen LogP contribution is -2.42. The van der Waals surface area contributed by atoms with Gasteiger partial charge in [0, 0.05) is 5.56 Å². The zero-order valence-electron chi connectivity index (χ0n) is 11.7. The van der Waals surface area contributed by atoms with Crippen LogP contribution in [0.4, 0.5) is 0 Å². The molecule has 1 unspecified atom stereocenters. The van der Waals surface area contributed by atoms with Crippen molar-refractivity contribution in [1.29, 1.82) is 0 Å². The maximum absolute atomic E-state index is 12.5. The van der Waals surface area contributed by atoms with Gasteiger partial charge in [-0.1, -0.05) is 30.2 Å². The summed E-state index contributed by atoms with van der Waals surface area (Å²) in [5, 5.41) is 0. The number of aryl methyl sites for hydroxylation is 2. The molecule has 0 amide bonds. The van der Waals surface area contributed by atoms with Crippen molar-refractivity contribution in [2.45, 2.75) is 46.1 Å². The number of piperidine rings is 1. The molecule has 1 aromatic carbocycles. The van der Waals surface area contributed by atoms with Crippen molar-refractivity contribution in [3.05, 3.63) is 34.9 Å². The monoisotopic (exact) mass is 245 g/mol. The first kappa shape index (κ1) is 13.3. The third-order valence-corrected chi connectivity index (χ3v) is 3.97. The number of hydrogen-bond acceptors (Lipinski definition) is 2.